The molecule has 2 aliphatic rings. The van der Waals surface area contributed by atoms with Crippen molar-refractivity contribution in [3.05, 3.63) is 77.5 Å². The molecule has 2 N–H and O–H groups in total. The number of amides is 1. The van der Waals surface area contributed by atoms with E-state index in [9.17, 15) is 4.79 Å². The highest BCUT2D eigenvalue weighted by molar-refractivity contribution is 5.84. The quantitative estimate of drug-likeness (QED) is 0.550. The van der Waals surface area contributed by atoms with E-state index in [0.717, 1.165) is 47.8 Å². The molecule has 1 aliphatic carbocycles. The van der Waals surface area contributed by atoms with Crippen LogP contribution in [0, 0.1) is 5.92 Å². The van der Waals surface area contributed by atoms with Gasteiger partial charge in [0.1, 0.15) is 5.75 Å². The van der Waals surface area contributed by atoms with E-state index in [0.29, 0.717) is 12.3 Å². The molecule has 3 aromatic rings. The van der Waals surface area contributed by atoms with Crippen LogP contribution in [0.2, 0.25) is 0 Å². The zero-order valence-electron chi connectivity index (χ0n) is 20.7. The second-order valence-electron chi connectivity index (χ2n) is 10.0. The molecule has 35 heavy (non-hydrogen) atoms. The third-order valence-corrected chi connectivity index (χ3v) is 7.03. The molecule has 1 fully saturated rings. The van der Waals surface area contributed by atoms with Gasteiger partial charge in [-0.25, -0.2) is 0 Å². The molecule has 1 saturated heterocycles. The van der Waals surface area contributed by atoms with Gasteiger partial charge < -0.3 is 15.0 Å². The topological polar surface area (TPSA) is 70.2 Å². The number of aromatic amines is 1. The van der Waals surface area contributed by atoms with Crippen molar-refractivity contribution in [3.63, 3.8) is 0 Å². The summed E-state index contributed by atoms with van der Waals surface area (Å²) >= 11 is 0. The number of nitrogens with one attached hydrogen (secondary N) is 2. The van der Waals surface area contributed by atoms with E-state index in [1.54, 1.807) is 0 Å². The van der Waals surface area contributed by atoms with Crippen molar-refractivity contribution >= 4 is 12.0 Å². The summed E-state index contributed by atoms with van der Waals surface area (Å²) in [5, 5.41) is 11.1. The van der Waals surface area contributed by atoms with Gasteiger partial charge in [0.25, 0.3) is 0 Å². The average Bonchev–Trinajstić information content (AvgIpc) is 3.28. The molecular formula is C29H34N4O2. The van der Waals surface area contributed by atoms with Crippen molar-refractivity contribution in [1.82, 2.24) is 20.4 Å². The Bertz CT molecular complexity index is 1180. The highest BCUT2D eigenvalue weighted by Crippen LogP contribution is 2.33. The molecule has 182 valence electrons. The number of fused-ring (bicyclic) bond motifs is 1. The van der Waals surface area contributed by atoms with Crippen molar-refractivity contribution in [1.29, 1.82) is 0 Å². The normalized spacial score (nSPS) is 22.1. The van der Waals surface area contributed by atoms with Gasteiger partial charge in [0.15, 0.2) is 0 Å². The maximum absolute atomic E-state index is 13.4. The van der Waals surface area contributed by atoms with Gasteiger partial charge in [0, 0.05) is 29.6 Å². The third-order valence-electron chi connectivity index (χ3n) is 7.03. The smallest absolute Gasteiger partial charge is 0.227 e. The number of aromatic nitrogens is 2. The Morgan fingerprint density at radius 1 is 1.14 bits per heavy atom. The summed E-state index contributed by atoms with van der Waals surface area (Å²) in [5.74, 6) is 1.04. The first-order chi connectivity index (χ1) is 17.0. The molecule has 1 aliphatic heterocycles. The number of hydrogen-bond acceptors (Lipinski definition) is 4. The van der Waals surface area contributed by atoms with Gasteiger partial charge in [-0.3, -0.25) is 9.89 Å². The van der Waals surface area contributed by atoms with Crippen LogP contribution in [0.4, 0.5) is 0 Å². The zero-order chi connectivity index (χ0) is 24.4. The monoisotopic (exact) mass is 470 g/mol. The molecular weight excluding hydrogens is 436 g/mol. The van der Waals surface area contributed by atoms with E-state index >= 15 is 0 Å². The number of benzene rings is 2. The minimum atomic E-state index is -0.217. The van der Waals surface area contributed by atoms with Gasteiger partial charge in [-0.1, -0.05) is 36.4 Å². The van der Waals surface area contributed by atoms with E-state index < -0.39 is 0 Å². The number of likely N-dealkylation sites (N-methyl/N-ethyl adjacent to an activating group) is 1. The Hall–Kier alpha value is -3.38. The molecule has 6 nitrogen and oxygen atoms in total. The second kappa shape index (κ2) is 10.1. The number of rotatable bonds is 6. The lowest BCUT2D eigenvalue weighted by Gasteiger charge is -2.38. The maximum Gasteiger partial charge on any atom is 0.227 e. The predicted molar refractivity (Wildman–Crippen MR) is 139 cm³/mol. The number of carbonyl (C=O) groups excluding carboxylic acids is 1. The molecule has 1 amide bonds. The summed E-state index contributed by atoms with van der Waals surface area (Å²) in [6, 6.07) is 18.7. The molecule has 2 heterocycles. The van der Waals surface area contributed by atoms with Gasteiger partial charge in [0.05, 0.1) is 23.4 Å². The summed E-state index contributed by atoms with van der Waals surface area (Å²) in [6.45, 7) is 5.93. The van der Waals surface area contributed by atoms with Crippen LogP contribution in [0.5, 0.6) is 5.75 Å². The van der Waals surface area contributed by atoms with Crippen LogP contribution in [-0.2, 0) is 11.2 Å². The van der Waals surface area contributed by atoms with Crippen molar-refractivity contribution in [2.24, 2.45) is 5.92 Å². The van der Waals surface area contributed by atoms with Crippen molar-refractivity contribution in [2.75, 3.05) is 20.1 Å². The average molecular weight is 471 g/mol. The summed E-state index contributed by atoms with van der Waals surface area (Å²) in [4.78, 5) is 15.8. The van der Waals surface area contributed by atoms with Gasteiger partial charge in [0.2, 0.25) is 5.91 Å². The summed E-state index contributed by atoms with van der Waals surface area (Å²) < 4.78 is 5.77. The standard InChI is InChI=1S/C29H34N4O2/c1-19(2)35-23-12-9-21(10-13-23)28-25-17-22(11-14-26(25)31-32-28)29(34)30-27-18-33(3)16-15-24(27)20-7-5-4-6-8-20/h4-14,19,22,24,27H,15-18H2,1-3H3,(H,30,34)(H,31,32)/t22?,24-,27+/m0/s1. The fourth-order valence-corrected chi connectivity index (χ4v) is 5.26. The number of carbonyl (C=O) groups is 1. The van der Waals surface area contributed by atoms with E-state index in [-0.39, 0.29) is 24.0 Å². The highest BCUT2D eigenvalue weighted by Gasteiger charge is 2.33. The first-order valence-electron chi connectivity index (χ1n) is 12.5. The number of likely N-dealkylation sites (tertiary alicyclic amines) is 1. The van der Waals surface area contributed by atoms with Crippen LogP contribution in [0.15, 0.2) is 60.7 Å². The minimum Gasteiger partial charge on any atom is -0.491 e. The maximum atomic E-state index is 13.4. The van der Waals surface area contributed by atoms with Crippen LogP contribution in [0.25, 0.3) is 17.3 Å². The van der Waals surface area contributed by atoms with E-state index in [1.807, 2.05) is 56.3 Å². The van der Waals surface area contributed by atoms with Crippen molar-refractivity contribution in [2.45, 2.75) is 44.8 Å². The van der Waals surface area contributed by atoms with Gasteiger partial charge >= 0.3 is 0 Å². The SMILES string of the molecule is CC(C)Oc1ccc(-c2n[nH]c3c2CC(C(=O)N[C@@H]2CN(C)CC[C@H]2c2ccccc2)C=C3)cc1. The number of H-pyrrole nitrogens is 1. The summed E-state index contributed by atoms with van der Waals surface area (Å²) in [6.07, 6.45) is 5.81. The number of hydrogen-bond donors (Lipinski definition) is 2. The highest BCUT2D eigenvalue weighted by atomic mass is 16.5. The van der Waals surface area contributed by atoms with Crippen LogP contribution >= 0.6 is 0 Å². The molecule has 0 spiro atoms. The Labute approximate surface area is 207 Å². The molecule has 0 bridgehead atoms. The van der Waals surface area contributed by atoms with Gasteiger partial charge in [-0.2, -0.15) is 5.10 Å². The molecule has 6 heteroatoms. The Balaban J connectivity index is 1.31. The lowest BCUT2D eigenvalue weighted by molar-refractivity contribution is -0.124. The minimum absolute atomic E-state index is 0.0842. The Morgan fingerprint density at radius 2 is 1.91 bits per heavy atom. The van der Waals surface area contributed by atoms with E-state index in [1.165, 1.54) is 5.56 Å². The lowest BCUT2D eigenvalue weighted by atomic mass is 9.84. The molecule has 3 atom stereocenters. The Morgan fingerprint density at radius 3 is 2.66 bits per heavy atom. The molecule has 5 rings (SSSR count). The van der Waals surface area contributed by atoms with Crippen LogP contribution in [0.3, 0.4) is 0 Å². The number of nitrogens with zero attached hydrogens (tertiary/aromatic N) is 2. The zero-order valence-corrected chi connectivity index (χ0v) is 20.7. The van der Waals surface area contributed by atoms with Gasteiger partial charge in [-0.05, 0) is 76.2 Å². The van der Waals surface area contributed by atoms with Gasteiger partial charge in [-0.15, -0.1) is 0 Å². The first kappa shape index (κ1) is 23.4. The van der Waals surface area contributed by atoms with E-state index in [4.69, 9.17) is 4.74 Å². The molecule has 2 aromatic carbocycles. The molecule has 0 saturated carbocycles. The third kappa shape index (κ3) is 5.17. The largest absolute Gasteiger partial charge is 0.491 e. The molecule has 1 unspecified atom stereocenters. The van der Waals surface area contributed by atoms with Crippen LogP contribution < -0.4 is 10.1 Å². The fraction of sp³-hybridized carbons (Fsp3) is 0.379. The van der Waals surface area contributed by atoms with Crippen LogP contribution in [0.1, 0.15) is 43.0 Å². The van der Waals surface area contributed by atoms with Crippen LogP contribution in [-0.4, -0.2) is 53.3 Å². The second-order valence-corrected chi connectivity index (χ2v) is 10.0. The Kier molecular flexibility index (Phi) is 6.73. The molecule has 0 radical (unpaired) electrons. The molecule has 1 aromatic heterocycles. The van der Waals surface area contributed by atoms with Crippen molar-refractivity contribution < 1.29 is 9.53 Å². The lowest BCUT2D eigenvalue weighted by Crippen LogP contribution is -2.51. The summed E-state index contributed by atoms with van der Waals surface area (Å²) in [5.41, 5.74) is 5.29. The first-order valence-corrected chi connectivity index (χ1v) is 12.5. The van der Waals surface area contributed by atoms with Crippen molar-refractivity contribution in [3.8, 4) is 17.0 Å². The predicted octanol–water partition coefficient (Wildman–Crippen LogP) is 4.65. The number of ether oxygens (including phenoxy) is 1. The van der Waals surface area contributed by atoms with E-state index in [2.05, 4.69) is 51.7 Å². The number of piperidine rings is 1. The fourth-order valence-electron chi connectivity index (χ4n) is 5.26. The summed E-state index contributed by atoms with van der Waals surface area (Å²) in [7, 11) is 2.13.